The standard InChI is InChI=1S/C15H20F2N2O/c1-3-9-4-5-14(8(9)2)19-15(20)10-6-11(16)12(17)7-13(10)18/h6-9,14H,3-5,18H2,1-2H3,(H,19,20). The van der Waals surface area contributed by atoms with E-state index in [1.54, 1.807) is 0 Å². The van der Waals surface area contributed by atoms with Crippen molar-refractivity contribution >= 4 is 11.6 Å². The molecule has 1 amide bonds. The molecule has 2 rings (SSSR count). The van der Waals surface area contributed by atoms with Gasteiger partial charge in [-0.25, -0.2) is 8.78 Å². The fraction of sp³-hybridized carbons (Fsp3) is 0.533. The van der Waals surface area contributed by atoms with Crippen LogP contribution in [0.3, 0.4) is 0 Å². The van der Waals surface area contributed by atoms with E-state index in [1.807, 2.05) is 0 Å². The smallest absolute Gasteiger partial charge is 0.253 e. The van der Waals surface area contributed by atoms with Crippen molar-refractivity contribution in [2.75, 3.05) is 5.73 Å². The van der Waals surface area contributed by atoms with E-state index >= 15 is 0 Å². The number of nitrogen functional groups attached to an aromatic ring is 1. The average molecular weight is 282 g/mol. The summed E-state index contributed by atoms with van der Waals surface area (Å²) in [5, 5.41) is 2.89. The van der Waals surface area contributed by atoms with Crippen molar-refractivity contribution in [2.24, 2.45) is 11.8 Å². The summed E-state index contributed by atoms with van der Waals surface area (Å²) >= 11 is 0. The molecule has 3 nitrogen and oxygen atoms in total. The van der Waals surface area contributed by atoms with E-state index in [9.17, 15) is 13.6 Å². The molecule has 0 bridgehead atoms. The van der Waals surface area contributed by atoms with Crippen LogP contribution in [0.4, 0.5) is 14.5 Å². The molecular formula is C15H20F2N2O. The Morgan fingerprint density at radius 1 is 1.35 bits per heavy atom. The summed E-state index contributed by atoms with van der Waals surface area (Å²) in [5.41, 5.74) is 5.54. The van der Waals surface area contributed by atoms with E-state index < -0.39 is 17.5 Å². The Morgan fingerprint density at radius 3 is 2.60 bits per heavy atom. The first-order chi connectivity index (χ1) is 9.43. The van der Waals surface area contributed by atoms with E-state index in [1.165, 1.54) is 0 Å². The molecule has 1 saturated carbocycles. The molecule has 0 radical (unpaired) electrons. The summed E-state index contributed by atoms with van der Waals surface area (Å²) in [4.78, 5) is 12.1. The minimum atomic E-state index is -1.06. The molecule has 0 spiro atoms. The summed E-state index contributed by atoms with van der Waals surface area (Å²) in [5.74, 6) is -1.55. The van der Waals surface area contributed by atoms with Crippen LogP contribution in [-0.4, -0.2) is 11.9 Å². The molecule has 110 valence electrons. The zero-order chi connectivity index (χ0) is 14.9. The van der Waals surface area contributed by atoms with Gasteiger partial charge in [0.2, 0.25) is 0 Å². The predicted molar refractivity (Wildman–Crippen MR) is 74.2 cm³/mol. The van der Waals surface area contributed by atoms with Crippen LogP contribution in [0.25, 0.3) is 0 Å². The van der Waals surface area contributed by atoms with Crippen LogP contribution in [-0.2, 0) is 0 Å². The predicted octanol–water partition coefficient (Wildman–Crippen LogP) is 3.10. The number of benzene rings is 1. The van der Waals surface area contributed by atoms with Gasteiger partial charge in [0.05, 0.1) is 5.56 Å². The van der Waals surface area contributed by atoms with Crippen LogP contribution in [0.5, 0.6) is 0 Å². The maximum Gasteiger partial charge on any atom is 0.253 e. The number of anilines is 1. The van der Waals surface area contributed by atoms with Gasteiger partial charge in [0.25, 0.3) is 5.91 Å². The number of carbonyl (C=O) groups excluding carboxylic acids is 1. The molecule has 0 aromatic heterocycles. The maximum absolute atomic E-state index is 13.2. The van der Waals surface area contributed by atoms with Crippen LogP contribution < -0.4 is 11.1 Å². The first-order valence-corrected chi connectivity index (χ1v) is 6.99. The SMILES string of the molecule is CCC1CCC(NC(=O)c2cc(F)c(F)cc2N)C1C. The summed E-state index contributed by atoms with van der Waals surface area (Å²) in [6, 6.07) is 1.77. The molecule has 20 heavy (non-hydrogen) atoms. The lowest BCUT2D eigenvalue weighted by Gasteiger charge is -2.21. The van der Waals surface area contributed by atoms with Gasteiger partial charge in [-0.05, 0) is 30.7 Å². The lowest BCUT2D eigenvalue weighted by molar-refractivity contribution is 0.0927. The van der Waals surface area contributed by atoms with Gasteiger partial charge >= 0.3 is 0 Å². The van der Waals surface area contributed by atoms with Crippen molar-refractivity contribution < 1.29 is 13.6 Å². The molecule has 1 aromatic carbocycles. The second-order valence-electron chi connectivity index (χ2n) is 5.54. The second-order valence-corrected chi connectivity index (χ2v) is 5.54. The molecule has 1 fully saturated rings. The normalized spacial score (nSPS) is 25.7. The molecular weight excluding hydrogens is 262 g/mol. The van der Waals surface area contributed by atoms with Crippen LogP contribution in [0.15, 0.2) is 12.1 Å². The van der Waals surface area contributed by atoms with Gasteiger partial charge in [0.15, 0.2) is 11.6 Å². The van der Waals surface area contributed by atoms with E-state index in [-0.39, 0.29) is 17.3 Å². The summed E-state index contributed by atoms with van der Waals surface area (Å²) in [6.07, 6.45) is 3.08. The van der Waals surface area contributed by atoms with Crippen molar-refractivity contribution in [3.05, 3.63) is 29.3 Å². The molecule has 1 aliphatic carbocycles. The van der Waals surface area contributed by atoms with E-state index in [0.717, 1.165) is 31.4 Å². The van der Waals surface area contributed by atoms with Gasteiger partial charge in [-0.3, -0.25) is 4.79 Å². The quantitative estimate of drug-likeness (QED) is 0.837. The van der Waals surface area contributed by atoms with Gasteiger partial charge < -0.3 is 11.1 Å². The molecule has 5 heteroatoms. The number of hydrogen-bond donors (Lipinski definition) is 2. The molecule has 1 aliphatic rings. The molecule has 0 saturated heterocycles. The molecule has 0 aliphatic heterocycles. The van der Waals surface area contributed by atoms with Crippen LogP contribution in [0.1, 0.15) is 43.5 Å². The topological polar surface area (TPSA) is 55.1 Å². The zero-order valence-electron chi connectivity index (χ0n) is 11.7. The third kappa shape index (κ3) is 2.76. The highest BCUT2D eigenvalue weighted by Gasteiger charge is 2.32. The van der Waals surface area contributed by atoms with Gasteiger partial charge in [-0.15, -0.1) is 0 Å². The summed E-state index contributed by atoms with van der Waals surface area (Å²) < 4.78 is 26.2. The van der Waals surface area contributed by atoms with Gasteiger partial charge in [0, 0.05) is 17.8 Å². The largest absolute Gasteiger partial charge is 0.398 e. The van der Waals surface area contributed by atoms with Crippen LogP contribution in [0.2, 0.25) is 0 Å². The number of amides is 1. The number of halogens is 2. The Morgan fingerprint density at radius 2 is 2.00 bits per heavy atom. The molecule has 0 heterocycles. The highest BCUT2D eigenvalue weighted by Crippen LogP contribution is 2.34. The Balaban J connectivity index is 2.11. The minimum Gasteiger partial charge on any atom is -0.398 e. The summed E-state index contributed by atoms with van der Waals surface area (Å²) in [7, 11) is 0. The van der Waals surface area contributed by atoms with Crippen molar-refractivity contribution in [1.82, 2.24) is 5.32 Å². The number of hydrogen-bond acceptors (Lipinski definition) is 2. The first kappa shape index (κ1) is 14.8. The summed E-state index contributed by atoms with van der Waals surface area (Å²) in [6.45, 7) is 4.25. The monoisotopic (exact) mass is 282 g/mol. The van der Waals surface area contributed by atoms with E-state index in [4.69, 9.17) is 5.73 Å². The number of nitrogens with one attached hydrogen (secondary N) is 1. The Labute approximate surface area is 117 Å². The maximum atomic E-state index is 13.2. The van der Waals surface area contributed by atoms with Crippen molar-refractivity contribution in [2.45, 2.75) is 39.2 Å². The molecule has 1 aromatic rings. The van der Waals surface area contributed by atoms with Gasteiger partial charge in [0.1, 0.15) is 0 Å². The third-order valence-corrected chi connectivity index (χ3v) is 4.40. The van der Waals surface area contributed by atoms with Crippen LogP contribution >= 0.6 is 0 Å². The number of carbonyl (C=O) groups is 1. The zero-order valence-corrected chi connectivity index (χ0v) is 11.7. The first-order valence-electron chi connectivity index (χ1n) is 6.99. The molecule has 3 atom stereocenters. The minimum absolute atomic E-state index is 0.00366. The highest BCUT2D eigenvalue weighted by molar-refractivity contribution is 5.99. The molecule has 3 N–H and O–H groups in total. The molecule has 3 unspecified atom stereocenters. The average Bonchev–Trinajstić information content (AvgIpc) is 2.74. The lowest BCUT2D eigenvalue weighted by Crippen LogP contribution is -2.37. The lowest BCUT2D eigenvalue weighted by atomic mass is 9.93. The highest BCUT2D eigenvalue weighted by atomic mass is 19.2. The Bertz CT molecular complexity index is 519. The van der Waals surface area contributed by atoms with E-state index in [0.29, 0.717) is 11.8 Å². The Hall–Kier alpha value is -1.65. The van der Waals surface area contributed by atoms with Crippen molar-refractivity contribution in [1.29, 1.82) is 0 Å². The second kappa shape index (κ2) is 5.77. The Kier molecular flexibility index (Phi) is 4.26. The van der Waals surface area contributed by atoms with Gasteiger partial charge in [-0.1, -0.05) is 20.3 Å². The van der Waals surface area contributed by atoms with Crippen LogP contribution in [0, 0.1) is 23.5 Å². The van der Waals surface area contributed by atoms with Gasteiger partial charge in [-0.2, -0.15) is 0 Å². The van der Waals surface area contributed by atoms with Crippen molar-refractivity contribution in [3.63, 3.8) is 0 Å². The van der Waals surface area contributed by atoms with E-state index in [2.05, 4.69) is 19.2 Å². The fourth-order valence-corrected chi connectivity index (χ4v) is 3.03. The number of rotatable bonds is 3. The fourth-order valence-electron chi connectivity index (χ4n) is 3.03. The number of nitrogens with two attached hydrogens (primary N) is 1. The van der Waals surface area contributed by atoms with Crippen molar-refractivity contribution in [3.8, 4) is 0 Å². The third-order valence-electron chi connectivity index (χ3n) is 4.40.